The number of carbonyl (C=O) groups excluding carboxylic acids is 2. The predicted molar refractivity (Wildman–Crippen MR) is 155 cm³/mol. The van der Waals surface area contributed by atoms with Crippen LogP contribution in [0.3, 0.4) is 0 Å². The Hall–Kier alpha value is -4.62. The highest BCUT2D eigenvalue weighted by Gasteiger charge is 2.25. The maximum absolute atomic E-state index is 12.8. The van der Waals surface area contributed by atoms with Gasteiger partial charge in [-0.25, -0.2) is 9.59 Å². The van der Waals surface area contributed by atoms with Gasteiger partial charge in [-0.2, -0.15) is 0 Å². The van der Waals surface area contributed by atoms with E-state index < -0.39 is 12.1 Å². The lowest BCUT2D eigenvalue weighted by Crippen LogP contribution is -2.39. The van der Waals surface area contributed by atoms with Crippen LogP contribution in [0.4, 0.5) is 10.5 Å². The van der Waals surface area contributed by atoms with Crippen LogP contribution in [0.5, 0.6) is 5.75 Å². The van der Waals surface area contributed by atoms with Gasteiger partial charge < -0.3 is 20.1 Å². The van der Waals surface area contributed by atoms with Crippen molar-refractivity contribution in [2.24, 2.45) is 0 Å². The fraction of sp³-hybridized carbons (Fsp3) is 0.212. The molecule has 1 heterocycles. The van der Waals surface area contributed by atoms with Crippen LogP contribution in [-0.4, -0.2) is 43.1 Å². The molecule has 0 radical (unpaired) electrons. The summed E-state index contributed by atoms with van der Waals surface area (Å²) >= 11 is 0. The summed E-state index contributed by atoms with van der Waals surface area (Å²) in [5.41, 5.74) is 3.85. The molecule has 4 aromatic rings. The molecule has 40 heavy (non-hydrogen) atoms. The Morgan fingerprint density at radius 1 is 0.875 bits per heavy atom. The Balaban J connectivity index is 1.27. The number of amides is 2. The Morgan fingerprint density at radius 2 is 1.50 bits per heavy atom. The molecule has 4 aromatic carbocycles. The third-order valence-corrected chi connectivity index (χ3v) is 6.95. The molecule has 1 atom stereocenters. The number of ether oxygens (including phenoxy) is 2. The van der Waals surface area contributed by atoms with Gasteiger partial charge in [0.05, 0.1) is 7.11 Å². The van der Waals surface area contributed by atoms with E-state index in [-0.39, 0.29) is 17.6 Å². The van der Waals surface area contributed by atoms with E-state index in [1.807, 2.05) is 78.9 Å². The maximum atomic E-state index is 12.8. The van der Waals surface area contributed by atoms with Gasteiger partial charge in [-0.3, -0.25) is 4.90 Å². The number of esters is 1. The number of benzene rings is 4. The number of methoxy groups -OCH3 is 1. The topological polar surface area (TPSA) is 79.9 Å². The highest BCUT2D eigenvalue weighted by atomic mass is 16.5. The Labute approximate surface area is 234 Å². The quantitative estimate of drug-likeness (QED) is 0.256. The molecular weight excluding hydrogens is 502 g/mol. The van der Waals surface area contributed by atoms with Gasteiger partial charge in [-0.1, -0.05) is 91.0 Å². The van der Waals surface area contributed by atoms with Gasteiger partial charge in [-0.15, -0.1) is 0 Å². The monoisotopic (exact) mass is 535 g/mol. The molecule has 0 saturated carbocycles. The SMILES string of the molecule is COC(=O)c1cc(NC(=O)NC2CCN(Cc3ccccc3)C2)ccc1OC(c1ccccc1)c1ccccc1. The lowest BCUT2D eigenvalue weighted by molar-refractivity contribution is 0.0594. The highest BCUT2D eigenvalue weighted by Crippen LogP contribution is 2.32. The number of nitrogens with zero attached hydrogens (tertiary/aromatic N) is 1. The summed E-state index contributed by atoms with van der Waals surface area (Å²) in [4.78, 5) is 27.9. The fourth-order valence-electron chi connectivity index (χ4n) is 4.98. The van der Waals surface area contributed by atoms with Gasteiger partial charge in [0.15, 0.2) is 0 Å². The van der Waals surface area contributed by atoms with Crippen molar-refractivity contribution in [2.75, 3.05) is 25.5 Å². The minimum absolute atomic E-state index is 0.0453. The standard InChI is InChI=1S/C33H33N3O4/c1-39-32(37)29-21-27(34-33(38)35-28-19-20-36(23-28)22-24-11-5-2-6-12-24)17-18-30(29)40-31(25-13-7-3-8-14-25)26-15-9-4-10-16-26/h2-18,21,28,31H,19-20,22-23H2,1H3,(H2,34,35,38). The summed E-state index contributed by atoms with van der Waals surface area (Å²) in [5.74, 6) is -0.186. The summed E-state index contributed by atoms with van der Waals surface area (Å²) in [6.45, 7) is 2.56. The lowest BCUT2D eigenvalue weighted by atomic mass is 10.0. The van der Waals surface area contributed by atoms with Crippen molar-refractivity contribution in [1.29, 1.82) is 0 Å². The molecule has 2 N–H and O–H groups in total. The van der Waals surface area contributed by atoms with E-state index in [1.165, 1.54) is 12.7 Å². The average Bonchev–Trinajstić information content (AvgIpc) is 3.43. The van der Waals surface area contributed by atoms with E-state index in [2.05, 4.69) is 27.7 Å². The Kier molecular flexibility index (Phi) is 8.73. The van der Waals surface area contributed by atoms with Crippen molar-refractivity contribution in [3.63, 3.8) is 0 Å². The highest BCUT2D eigenvalue weighted by molar-refractivity contribution is 5.96. The van der Waals surface area contributed by atoms with E-state index in [9.17, 15) is 9.59 Å². The third-order valence-electron chi connectivity index (χ3n) is 6.95. The second kappa shape index (κ2) is 13.0. The average molecular weight is 536 g/mol. The molecule has 1 aliphatic heterocycles. The molecule has 0 bridgehead atoms. The zero-order valence-electron chi connectivity index (χ0n) is 22.5. The maximum Gasteiger partial charge on any atom is 0.341 e. The minimum atomic E-state index is -0.550. The van der Waals surface area contributed by atoms with Crippen molar-refractivity contribution in [3.8, 4) is 5.75 Å². The van der Waals surface area contributed by atoms with E-state index in [4.69, 9.17) is 9.47 Å². The van der Waals surface area contributed by atoms with Crippen LogP contribution >= 0.6 is 0 Å². The molecule has 1 fully saturated rings. The lowest BCUT2D eigenvalue weighted by Gasteiger charge is -2.22. The van der Waals surface area contributed by atoms with Gasteiger partial charge in [0.2, 0.25) is 0 Å². The van der Waals surface area contributed by atoms with Crippen LogP contribution in [0, 0.1) is 0 Å². The van der Waals surface area contributed by atoms with Crippen molar-refractivity contribution in [2.45, 2.75) is 25.1 Å². The van der Waals surface area contributed by atoms with E-state index >= 15 is 0 Å². The van der Waals surface area contributed by atoms with Gasteiger partial charge in [-0.05, 0) is 41.3 Å². The molecule has 5 rings (SSSR count). The Morgan fingerprint density at radius 3 is 2.12 bits per heavy atom. The zero-order valence-corrected chi connectivity index (χ0v) is 22.5. The molecule has 0 aromatic heterocycles. The largest absolute Gasteiger partial charge is 0.480 e. The fourth-order valence-corrected chi connectivity index (χ4v) is 4.98. The zero-order chi connectivity index (χ0) is 27.7. The van der Waals surface area contributed by atoms with Crippen LogP contribution in [0.1, 0.15) is 39.6 Å². The molecule has 204 valence electrons. The molecule has 0 spiro atoms. The van der Waals surface area contributed by atoms with E-state index in [0.717, 1.165) is 37.2 Å². The molecular formula is C33H33N3O4. The van der Waals surface area contributed by atoms with E-state index in [1.54, 1.807) is 18.2 Å². The second-order valence-corrected chi connectivity index (χ2v) is 9.83. The summed E-state index contributed by atoms with van der Waals surface area (Å²) in [5, 5.41) is 5.92. The number of rotatable bonds is 9. The van der Waals surface area contributed by atoms with Crippen LogP contribution < -0.4 is 15.4 Å². The molecule has 7 nitrogen and oxygen atoms in total. The van der Waals surface area contributed by atoms with Crippen LogP contribution in [0.25, 0.3) is 0 Å². The van der Waals surface area contributed by atoms with Gasteiger partial charge in [0, 0.05) is 31.4 Å². The molecule has 0 aliphatic carbocycles. The number of urea groups is 1. The summed E-state index contributed by atoms with van der Waals surface area (Å²) in [6.07, 6.45) is 0.440. The summed E-state index contributed by atoms with van der Waals surface area (Å²) < 4.78 is 11.5. The third kappa shape index (κ3) is 6.87. The van der Waals surface area contributed by atoms with Crippen LogP contribution in [0.2, 0.25) is 0 Å². The normalized spacial score (nSPS) is 15.0. The first-order valence-corrected chi connectivity index (χ1v) is 13.4. The minimum Gasteiger partial charge on any atom is -0.480 e. The molecule has 1 unspecified atom stereocenters. The van der Waals surface area contributed by atoms with Crippen LogP contribution in [0.15, 0.2) is 109 Å². The first-order valence-electron chi connectivity index (χ1n) is 13.4. The van der Waals surface area contributed by atoms with Crippen molar-refractivity contribution in [3.05, 3.63) is 131 Å². The first-order chi connectivity index (χ1) is 19.6. The smallest absolute Gasteiger partial charge is 0.341 e. The summed E-state index contributed by atoms with van der Waals surface area (Å²) in [7, 11) is 1.33. The van der Waals surface area contributed by atoms with Gasteiger partial charge in [0.1, 0.15) is 17.4 Å². The number of anilines is 1. The van der Waals surface area contributed by atoms with Crippen molar-refractivity contribution in [1.82, 2.24) is 10.2 Å². The molecule has 1 saturated heterocycles. The summed E-state index contributed by atoms with van der Waals surface area (Å²) in [6, 6.07) is 34.7. The van der Waals surface area contributed by atoms with Gasteiger partial charge in [0.25, 0.3) is 0 Å². The number of carbonyl (C=O) groups is 2. The number of nitrogens with one attached hydrogen (secondary N) is 2. The first kappa shape index (κ1) is 27.0. The van der Waals surface area contributed by atoms with E-state index in [0.29, 0.717) is 11.4 Å². The van der Waals surface area contributed by atoms with Crippen LogP contribution in [-0.2, 0) is 11.3 Å². The molecule has 7 heteroatoms. The predicted octanol–water partition coefficient (Wildman–Crippen LogP) is 6.04. The van der Waals surface area contributed by atoms with Gasteiger partial charge >= 0.3 is 12.0 Å². The molecule has 2 amide bonds. The molecule has 1 aliphatic rings. The Bertz CT molecular complexity index is 1370. The van der Waals surface area contributed by atoms with Crippen molar-refractivity contribution >= 4 is 17.7 Å². The van der Waals surface area contributed by atoms with Crippen molar-refractivity contribution < 1.29 is 19.1 Å². The number of hydrogen-bond donors (Lipinski definition) is 2. The number of likely N-dealkylation sites (tertiary alicyclic amines) is 1. The number of hydrogen-bond acceptors (Lipinski definition) is 5. The second-order valence-electron chi connectivity index (χ2n) is 9.83.